The van der Waals surface area contributed by atoms with Crippen LogP contribution in [0.2, 0.25) is 5.02 Å². The Morgan fingerprint density at radius 3 is 2.50 bits per heavy atom. The number of rotatable bonds is 8. The molecule has 28 heavy (non-hydrogen) atoms. The van der Waals surface area contributed by atoms with Crippen molar-refractivity contribution < 1.29 is 14.3 Å². The van der Waals surface area contributed by atoms with Gasteiger partial charge in [-0.05, 0) is 42.0 Å². The molecule has 1 amide bonds. The van der Waals surface area contributed by atoms with Gasteiger partial charge in [-0.3, -0.25) is 9.69 Å². The Bertz CT molecular complexity index is 771. The third kappa shape index (κ3) is 5.58. The highest BCUT2D eigenvalue weighted by Crippen LogP contribution is 2.23. The number of nitrogens with one attached hydrogen (secondary N) is 1. The van der Waals surface area contributed by atoms with Gasteiger partial charge in [-0.1, -0.05) is 36.4 Å². The van der Waals surface area contributed by atoms with Crippen molar-refractivity contribution in [2.45, 2.75) is 6.04 Å². The van der Waals surface area contributed by atoms with Crippen molar-refractivity contribution in [1.82, 2.24) is 10.2 Å². The van der Waals surface area contributed by atoms with E-state index in [1.807, 2.05) is 24.3 Å². The summed E-state index contributed by atoms with van der Waals surface area (Å²) in [4.78, 5) is 14.9. The lowest BCUT2D eigenvalue weighted by Crippen LogP contribution is -2.43. The number of carbonyl (C=O) groups is 1. The largest absolute Gasteiger partial charge is 0.490 e. The quantitative estimate of drug-likeness (QED) is 0.686. The number of morpholine rings is 1. The topological polar surface area (TPSA) is 50.8 Å². The molecule has 0 unspecified atom stereocenters. The fraction of sp³-hybridized carbons (Fsp3) is 0.318. The van der Waals surface area contributed by atoms with E-state index in [1.165, 1.54) is 0 Å². The number of benzene rings is 2. The lowest BCUT2D eigenvalue weighted by molar-refractivity contribution is 0.0162. The Morgan fingerprint density at radius 1 is 1.18 bits per heavy atom. The summed E-state index contributed by atoms with van der Waals surface area (Å²) in [6.45, 7) is 7.63. The van der Waals surface area contributed by atoms with Crippen LogP contribution in [0.5, 0.6) is 5.75 Å². The average molecular weight is 401 g/mol. The average Bonchev–Trinajstić information content (AvgIpc) is 2.74. The first kappa shape index (κ1) is 20.4. The molecule has 2 aromatic carbocycles. The molecule has 1 N–H and O–H groups in total. The molecule has 0 bridgehead atoms. The van der Waals surface area contributed by atoms with Gasteiger partial charge in [0.2, 0.25) is 0 Å². The van der Waals surface area contributed by atoms with Crippen molar-refractivity contribution in [3.05, 3.63) is 77.3 Å². The van der Waals surface area contributed by atoms with Crippen molar-refractivity contribution in [3.8, 4) is 5.75 Å². The second-order valence-corrected chi connectivity index (χ2v) is 6.99. The second-order valence-electron chi connectivity index (χ2n) is 6.55. The molecule has 0 aliphatic carbocycles. The lowest BCUT2D eigenvalue weighted by atomic mass is 10.0. The zero-order chi connectivity index (χ0) is 19.8. The van der Waals surface area contributed by atoms with Gasteiger partial charge < -0.3 is 14.8 Å². The van der Waals surface area contributed by atoms with Crippen LogP contribution < -0.4 is 10.1 Å². The van der Waals surface area contributed by atoms with Gasteiger partial charge in [-0.2, -0.15) is 0 Å². The van der Waals surface area contributed by atoms with E-state index in [4.69, 9.17) is 21.1 Å². The number of hydrogen-bond acceptors (Lipinski definition) is 4. The van der Waals surface area contributed by atoms with Crippen LogP contribution in [0.15, 0.2) is 61.2 Å². The van der Waals surface area contributed by atoms with E-state index in [1.54, 1.807) is 30.3 Å². The Kier molecular flexibility index (Phi) is 7.48. The zero-order valence-corrected chi connectivity index (χ0v) is 16.5. The third-order valence-electron chi connectivity index (χ3n) is 4.68. The fourth-order valence-electron chi connectivity index (χ4n) is 3.18. The van der Waals surface area contributed by atoms with Gasteiger partial charge in [-0.25, -0.2) is 0 Å². The Morgan fingerprint density at radius 2 is 1.86 bits per heavy atom. The predicted octanol–water partition coefficient (Wildman–Crippen LogP) is 3.71. The van der Waals surface area contributed by atoms with Gasteiger partial charge in [0.05, 0.1) is 19.3 Å². The van der Waals surface area contributed by atoms with E-state index in [9.17, 15) is 4.79 Å². The normalized spacial score (nSPS) is 15.6. The lowest BCUT2D eigenvalue weighted by Gasteiger charge is -2.35. The number of ether oxygens (including phenoxy) is 2. The Balaban J connectivity index is 1.65. The molecule has 1 atom stereocenters. The van der Waals surface area contributed by atoms with E-state index in [0.29, 0.717) is 42.7 Å². The number of amides is 1. The van der Waals surface area contributed by atoms with Gasteiger partial charge in [0.15, 0.2) is 0 Å². The molecule has 1 fully saturated rings. The highest BCUT2D eigenvalue weighted by Gasteiger charge is 2.23. The maximum Gasteiger partial charge on any atom is 0.251 e. The number of nitrogens with zero attached hydrogens (tertiary/aromatic N) is 1. The smallest absolute Gasteiger partial charge is 0.251 e. The van der Waals surface area contributed by atoms with Gasteiger partial charge in [0.25, 0.3) is 5.91 Å². The summed E-state index contributed by atoms with van der Waals surface area (Å²) in [7, 11) is 0. The predicted molar refractivity (Wildman–Crippen MR) is 111 cm³/mol. The first-order chi connectivity index (χ1) is 13.7. The molecule has 1 aliphatic rings. The van der Waals surface area contributed by atoms with Crippen LogP contribution in [-0.4, -0.2) is 50.3 Å². The minimum atomic E-state index is -0.109. The molecule has 0 radical (unpaired) electrons. The maximum absolute atomic E-state index is 12.6. The molecule has 0 saturated carbocycles. The van der Waals surface area contributed by atoms with Gasteiger partial charge >= 0.3 is 0 Å². The molecule has 0 spiro atoms. The van der Waals surface area contributed by atoms with Crippen LogP contribution in [0, 0.1) is 0 Å². The zero-order valence-electron chi connectivity index (χ0n) is 15.8. The van der Waals surface area contributed by atoms with Crippen LogP contribution in [0.1, 0.15) is 22.0 Å². The van der Waals surface area contributed by atoms with Crippen LogP contribution in [0.25, 0.3) is 0 Å². The molecule has 3 rings (SSSR count). The molecule has 1 aliphatic heterocycles. The number of carbonyl (C=O) groups excluding carboxylic acids is 1. The van der Waals surface area contributed by atoms with Gasteiger partial charge in [0, 0.05) is 30.2 Å². The second kappa shape index (κ2) is 10.3. The van der Waals surface area contributed by atoms with Gasteiger partial charge in [0.1, 0.15) is 12.4 Å². The van der Waals surface area contributed by atoms with E-state index < -0.39 is 0 Å². The van der Waals surface area contributed by atoms with Crippen LogP contribution in [-0.2, 0) is 4.74 Å². The van der Waals surface area contributed by atoms with E-state index in [0.717, 1.165) is 18.7 Å². The summed E-state index contributed by atoms with van der Waals surface area (Å²) in [6, 6.07) is 15.0. The highest BCUT2D eigenvalue weighted by atomic mass is 35.5. The monoisotopic (exact) mass is 400 g/mol. The Labute approximate surface area is 170 Å². The summed E-state index contributed by atoms with van der Waals surface area (Å²) in [5.41, 5.74) is 1.72. The molecular formula is C22H25ClN2O3. The molecule has 0 aromatic heterocycles. The van der Waals surface area contributed by atoms with E-state index in [-0.39, 0.29) is 11.9 Å². The molecule has 2 aromatic rings. The molecular weight excluding hydrogens is 376 g/mol. The van der Waals surface area contributed by atoms with Crippen molar-refractivity contribution in [2.24, 2.45) is 0 Å². The first-order valence-corrected chi connectivity index (χ1v) is 9.74. The number of halogens is 1. The molecule has 1 heterocycles. The van der Waals surface area contributed by atoms with Gasteiger partial charge in [-0.15, -0.1) is 0 Å². The summed E-state index contributed by atoms with van der Waals surface area (Å²) in [5.74, 6) is 0.603. The van der Waals surface area contributed by atoms with Crippen molar-refractivity contribution in [2.75, 3.05) is 39.5 Å². The summed E-state index contributed by atoms with van der Waals surface area (Å²) in [5, 5.41) is 3.76. The molecule has 6 heteroatoms. The maximum atomic E-state index is 12.6. The molecule has 1 saturated heterocycles. The van der Waals surface area contributed by atoms with Crippen molar-refractivity contribution >= 4 is 17.5 Å². The fourth-order valence-corrected chi connectivity index (χ4v) is 3.31. The molecule has 5 nitrogen and oxygen atoms in total. The standard InChI is InChI=1S/C22H25ClN2O3/c1-2-13-28-20-9-5-18(6-10-20)22(26)24-16-21(25-11-14-27-15-12-25)17-3-7-19(23)8-4-17/h2-10,21H,1,11-16H2,(H,24,26)/t21-/m0/s1. The van der Waals surface area contributed by atoms with Crippen LogP contribution >= 0.6 is 11.6 Å². The first-order valence-electron chi connectivity index (χ1n) is 9.36. The van der Waals surface area contributed by atoms with Crippen LogP contribution in [0.3, 0.4) is 0 Å². The van der Waals surface area contributed by atoms with Crippen molar-refractivity contribution in [1.29, 1.82) is 0 Å². The third-order valence-corrected chi connectivity index (χ3v) is 4.93. The molecule has 148 valence electrons. The van der Waals surface area contributed by atoms with Crippen LogP contribution in [0.4, 0.5) is 0 Å². The van der Waals surface area contributed by atoms with Crippen molar-refractivity contribution in [3.63, 3.8) is 0 Å². The summed E-state index contributed by atoms with van der Waals surface area (Å²) < 4.78 is 10.9. The Hall–Kier alpha value is -2.34. The minimum absolute atomic E-state index is 0.0697. The highest BCUT2D eigenvalue weighted by molar-refractivity contribution is 6.30. The minimum Gasteiger partial charge on any atom is -0.490 e. The van der Waals surface area contributed by atoms with E-state index >= 15 is 0 Å². The van der Waals surface area contributed by atoms with E-state index in [2.05, 4.69) is 16.8 Å². The number of hydrogen-bond donors (Lipinski definition) is 1. The SMILES string of the molecule is C=CCOc1ccc(C(=O)NC[C@@H](c2ccc(Cl)cc2)N2CCOCC2)cc1. The summed E-state index contributed by atoms with van der Waals surface area (Å²) >= 11 is 6.04. The summed E-state index contributed by atoms with van der Waals surface area (Å²) in [6.07, 6.45) is 1.68.